The van der Waals surface area contributed by atoms with Crippen molar-refractivity contribution in [3.05, 3.63) is 34.4 Å². The first-order chi connectivity index (χ1) is 6.65. The highest BCUT2D eigenvalue weighted by atomic mass is 16.1. The second-order valence-corrected chi connectivity index (χ2v) is 3.94. The predicted molar refractivity (Wildman–Crippen MR) is 59.7 cm³/mol. The summed E-state index contributed by atoms with van der Waals surface area (Å²) in [6, 6.07) is 4.42. The second-order valence-electron chi connectivity index (χ2n) is 3.94. The van der Waals surface area contributed by atoms with Crippen LogP contribution in [0.25, 0.3) is 0 Å². The van der Waals surface area contributed by atoms with E-state index in [1.165, 1.54) is 22.3 Å². The third-order valence-corrected chi connectivity index (χ3v) is 2.59. The molecule has 0 aliphatic carbocycles. The fraction of sp³-hybridized carbons (Fsp3) is 0.462. The van der Waals surface area contributed by atoms with Gasteiger partial charge in [-0.2, -0.15) is 0 Å². The van der Waals surface area contributed by atoms with Crippen LogP contribution in [0.4, 0.5) is 0 Å². The molecular formula is C13H18O. The van der Waals surface area contributed by atoms with E-state index in [2.05, 4.69) is 32.9 Å². The predicted octanol–water partition coefficient (Wildman–Crippen LogP) is 3.13. The number of rotatable bonds is 4. The SMILES string of the molecule is Cc1cc(C)c(CCCC=O)c(C)c1. The van der Waals surface area contributed by atoms with Gasteiger partial charge < -0.3 is 4.79 Å². The Balaban J connectivity index is 2.80. The Hall–Kier alpha value is -1.11. The summed E-state index contributed by atoms with van der Waals surface area (Å²) in [7, 11) is 0. The van der Waals surface area contributed by atoms with Gasteiger partial charge in [-0.25, -0.2) is 0 Å². The zero-order valence-electron chi connectivity index (χ0n) is 9.26. The topological polar surface area (TPSA) is 17.1 Å². The van der Waals surface area contributed by atoms with Gasteiger partial charge in [0.15, 0.2) is 0 Å². The normalized spacial score (nSPS) is 10.2. The molecule has 1 rings (SSSR count). The zero-order chi connectivity index (χ0) is 10.6. The van der Waals surface area contributed by atoms with Gasteiger partial charge in [0, 0.05) is 6.42 Å². The van der Waals surface area contributed by atoms with Gasteiger partial charge in [0.05, 0.1) is 0 Å². The molecule has 0 atom stereocenters. The smallest absolute Gasteiger partial charge is 0.120 e. The minimum Gasteiger partial charge on any atom is -0.303 e. The van der Waals surface area contributed by atoms with E-state index in [4.69, 9.17) is 0 Å². The lowest BCUT2D eigenvalue weighted by Crippen LogP contribution is -1.95. The molecule has 0 heterocycles. The molecule has 0 bridgehead atoms. The standard InChI is InChI=1S/C13H18O/c1-10-8-11(2)13(12(3)9-10)6-4-5-7-14/h7-9H,4-6H2,1-3H3. The molecule has 0 N–H and O–H groups in total. The lowest BCUT2D eigenvalue weighted by molar-refractivity contribution is -0.107. The molecular weight excluding hydrogens is 172 g/mol. The number of carbonyl (C=O) groups is 1. The summed E-state index contributed by atoms with van der Waals surface area (Å²) >= 11 is 0. The summed E-state index contributed by atoms with van der Waals surface area (Å²) in [6.45, 7) is 6.42. The lowest BCUT2D eigenvalue weighted by Gasteiger charge is -2.10. The fourth-order valence-corrected chi connectivity index (χ4v) is 1.97. The van der Waals surface area contributed by atoms with E-state index in [0.717, 1.165) is 19.1 Å². The van der Waals surface area contributed by atoms with E-state index in [1.54, 1.807) is 0 Å². The molecule has 1 heteroatoms. The maximum atomic E-state index is 10.2. The average molecular weight is 190 g/mol. The second kappa shape index (κ2) is 4.94. The first kappa shape index (κ1) is 11.0. The van der Waals surface area contributed by atoms with Gasteiger partial charge in [0.1, 0.15) is 6.29 Å². The molecule has 0 fully saturated rings. The first-order valence-corrected chi connectivity index (χ1v) is 5.15. The molecule has 1 aromatic rings. The van der Waals surface area contributed by atoms with Crippen molar-refractivity contribution >= 4 is 6.29 Å². The van der Waals surface area contributed by atoms with Gasteiger partial charge in [-0.3, -0.25) is 0 Å². The van der Waals surface area contributed by atoms with Crippen molar-refractivity contribution in [2.24, 2.45) is 0 Å². The Kier molecular flexibility index (Phi) is 3.87. The van der Waals surface area contributed by atoms with E-state index in [1.807, 2.05) is 0 Å². The van der Waals surface area contributed by atoms with Crippen LogP contribution >= 0.6 is 0 Å². The molecule has 0 spiro atoms. The molecule has 0 aliphatic rings. The quantitative estimate of drug-likeness (QED) is 0.526. The van der Waals surface area contributed by atoms with Crippen LogP contribution in [0, 0.1) is 20.8 Å². The number of hydrogen-bond acceptors (Lipinski definition) is 1. The summed E-state index contributed by atoms with van der Waals surface area (Å²) in [4.78, 5) is 10.2. The van der Waals surface area contributed by atoms with Crippen LogP contribution in [0.3, 0.4) is 0 Å². The third-order valence-electron chi connectivity index (χ3n) is 2.59. The monoisotopic (exact) mass is 190 g/mol. The Morgan fingerprint density at radius 1 is 1.14 bits per heavy atom. The van der Waals surface area contributed by atoms with Crippen LogP contribution in [0.5, 0.6) is 0 Å². The molecule has 0 saturated carbocycles. The van der Waals surface area contributed by atoms with E-state index >= 15 is 0 Å². The van der Waals surface area contributed by atoms with Crippen molar-refractivity contribution in [2.45, 2.75) is 40.0 Å². The summed E-state index contributed by atoms with van der Waals surface area (Å²) in [6.07, 6.45) is 3.66. The Morgan fingerprint density at radius 2 is 1.71 bits per heavy atom. The summed E-state index contributed by atoms with van der Waals surface area (Å²) in [5.74, 6) is 0. The molecule has 1 aromatic carbocycles. The molecule has 0 radical (unpaired) electrons. The van der Waals surface area contributed by atoms with E-state index in [9.17, 15) is 4.79 Å². The van der Waals surface area contributed by atoms with Crippen LogP contribution in [0.1, 0.15) is 35.1 Å². The van der Waals surface area contributed by atoms with Crippen LogP contribution in [-0.4, -0.2) is 6.29 Å². The lowest BCUT2D eigenvalue weighted by atomic mass is 9.96. The molecule has 14 heavy (non-hydrogen) atoms. The minimum atomic E-state index is 0.673. The molecule has 76 valence electrons. The maximum Gasteiger partial charge on any atom is 0.120 e. The van der Waals surface area contributed by atoms with Crippen molar-refractivity contribution < 1.29 is 4.79 Å². The number of aryl methyl sites for hydroxylation is 3. The summed E-state index contributed by atoms with van der Waals surface area (Å²) in [5, 5.41) is 0. The minimum absolute atomic E-state index is 0.673. The number of aldehydes is 1. The number of unbranched alkanes of at least 4 members (excludes halogenated alkanes) is 1. The number of benzene rings is 1. The highest BCUT2D eigenvalue weighted by Gasteiger charge is 2.02. The van der Waals surface area contributed by atoms with Crippen molar-refractivity contribution in [3.63, 3.8) is 0 Å². The van der Waals surface area contributed by atoms with Crippen molar-refractivity contribution in [1.82, 2.24) is 0 Å². The van der Waals surface area contributed by atoms with Crippen LogP contribution < -0.4 is 0 Å². The maximum absolute atomic E-state index is 10.2. The largest absolute Gasteiger partial charge is 0.303 e. The summed E-state index contributed by atoms with van der Waals surface area (Å²) in [5.41, 5.74) is 5.44. The first-order valence-electron chi connectivity index (χ1n) is 5.15. The van der Waals surface area contributed by atoms with Crippen molar-refractivity contribution in [3.8, 4) is 0 Å². The van der Waals surface area contributed by atoms with Gasteiger partial charge in [-0.1, -0.05) is 17.7 Å². The third kappa shape index (κ3) is 2.69. The van der Waals surface area contributed by atoms with Gasteiger partial charge in [-0.05, 0) is 50.3 Å². The van der Waals surface area contributed by atoms with Gasteiger partial charge >= 0.3 is 0 Å². The average Bonchev–Trinajstić information content (AvgIpc) is 2.09. The van der Waals surface area contributed by atoms with Gasteiger partial charge in [-0.15, -0.1) is 0 Å². The highest BCUT2D eigenvalue weighted by molar-refractivity contribution is 5.49. The van der Waals surface area contributed by atoms with Crippen molar-refractivity contribution in [2.75, 3.05) is 0 Å². The Morgan fingerprint density at radius 3 is 2.21 bits per heavy atom. The van der Waals surface area contributed by atoms with E-state index < -0.39 is 0 Å². The Labute approximate surface area is 86.1 Å². The van der Waals surface area contributed by atoms with Crippen LogP contribution in [-0.2, 0) is 11.2 Å². The van der Waals surface area contributed by atoms with E-state index in [-0.39, 0.29) is 0 Å². The fourth-order valence-electron chi connectivity index (χ4n) is 1.97. The molecule has 1 nitrogen and oxygen atoms in total. The highest BCUT2D eigenvalue weighted by Crippen LogP contribution is 2.18. The van der Waals surface area contributed by atoms with Crippen molar-refractivity contribution in [1.29, 1.82) is 0 Å². The summed E-state index contributed by atoms with van der Waals surface area (Å²) < 4.78 is 0. The van der Waals surface area contributed by atoms with Crippen LogP contribution in [0.2, 0.25) is 0 Å². The van der Waals surface area contributed by atoms with E-state index in [0.29, 0.717) is 6.42 Å². The molecule has 0 unspecified atom stereocenters. The molecule has 0 aromatic heterocycles. The molecule has 0 amide bonds. The molecule has 0 aliphatic heterocycles. The Bertz CT molecular complexity index is 303. The van der Waals surface area contributed by atoms with Gasteiger partial charge in [0.25, 0.3) is 0 Å². The zero-order valence-corrected chi connectivity index (χ0v) is 9.26. The van der Waals surface area contributed by atoms with Crippen LogP contribution in [0.15, 0.2) is 12.1 Å². The molecule has 0 saturated heterocycles. The van der Waals surface area contributed by atoms with Gasteiger partial charge in [0.2, 0.25) is 0 Å². The number of hydrogen-bond donors (Lipinski definition) is 0. The number of carbonyl (C=O) groups excluding carboxylic acids is 1.